The van der Waals surface area contributed by atoms with E-state index < -0.39 is 69.5 Å². The number of Topliss-reactive ketones (excluding diaryl/α,β-unsaturated/α-hetero) is 1. The zero-order chi connectivity index (χ0) is 110. The number of fused-ring (bicyclic) bond motifs is 4. The van der Waals surface area contributed by atoms with E-state index in [1.165, 1.54) is 40.0 Å². The number of benzene rings is 8. The molecule has 0 fully saturated rings. The molecule has 0 aliphatic carbocycles. The molecule has 4 heterocycles. The zero-order valence-electron chi connectivity index (χ0n) is 92.8. The lowest BCUT2D eigenvalue weighted by atomic mass is 9.92. The standard InChI is InChI=1S/C30H43N3O5.2C30H41N3O5.C26H38N4O4S/c1-20(2)32(21(3)4)18-16-31-28(34)27-26-14-13-25(37-24-11-9-23(36-8)10-12-24)19-22(26)15-17-33(27)29(35)38-30(5,6)7;1-20(2)32(21(3)4)17-15-31-28(35)27-26-13-12-25(37-24-10-8-22(19-34)9-11-24)18-23(26)14-16-33(27)29(36)38-30(5,6)7;1-20(2)32(21(3)4)18-16-31-28(35)27-26-14-13-25(37-24-11-9-8-10-12-24)19-23(26)15-17-33(27)29(36)38-30(6,7)22(5)34;1-19(2)29(20(3)4)17-15-27-26(31)25-24-13-12-23(34-22-10-8-7-9-11-22)18-21(24)14-16-30(25)35(32,33)28(5)6/h9-14,19-21,27H,15-18H2,1-8H3,(H,31,34);8-13,18-21,27H,14-17H2,1-7H3,(H,31,35);8-14,19-21,27H,15-18H2,1-7H3,(H,31,35);7-13,18-20,25H,14-17H2,1-6H3,(H,27,31). The Morgan fingerprint density at radius 2 is 0.597 bits per heavy atom. The van der Waals surface area contributed by atoms with Crippen LogP contribution < -0.4 is 45.0 Å². The second kappa shape index (κ2) is 54.8. The number of carbonyl (C=O) groups is 9. The third-order valence-electron chi connectivity index (χ3n) is 26.2. The minimum atomic E-state index is -3.80. The fourth-order valence-electron chi connectivity index (χ4n) is 18.7. The van der Waals surface area contributed by atoms with E-state index in [0.29, 0.717) is 190 Å². The number of ether oxygens (including phenoxy) is 8. The molecule has 12 rings (SSSR count). The zero-order valence-corrected chi connectivity index (χ0v) is 93.6. The van der Waals surface area contributed by atoms with E-state index in [1.54, 1.807) is 63.4 Å². The molecule has 4 unspecified atom stereocenters. The van der Waals surface area contributed by atoms with Crippen LogP contribution in [0.5, 0.6) is 51.7 Å². The molecule has 8 aromatic rings. The van der Waals surface area contributed by atoms with E-state index in [2.05, 4.69) is 152 Å². The fraction of sp³-hybridized carbons (Fsp3) is 0.509. The highest BCUT2D eigenvalue weighted by molar-refractivity contribution is 7.86. The summed E-state index contributed by atoms with van der Waals surface area (Å²) in [6.45, 7) is 55.4. The largest absolute Gasteiger partial charge is 0.497 e. The molecule has 32 nitrogen and oxygen atoms in total. The molecule has 4 N–H and O–H groups in total. The summed E-state index contributed by atoms with van der Waals surface area (Å²) in [4.78, 5) is 130. The van der Waals surface area contributed by atoms with Crippen molar-refractivity contribution in [2.45, 2.75) is 288 Å². The summed E-state index contributed by atoms with van der Waals surface area (Å²) in [7, 11) is 0.794. The molecule has 0 spiro atoms. The van der Waals surface area contributed by atoms with E-state index >= 15 is 0 Å². The summed E-state index contributed by atoms with van der Waals surface area (Å²) in [5.74, 6) is 4.77. The Kier molecular flexibility index (Phi) is 44.1. The van der Waals surface area contributed by atoms with Crippen LogP contribution in [0.3, 0.4) is 0 Å². The Hall–Kier alpha value is -12.5. The monoisotopic (exact) mass is 2070 g/mol. The second-order valence-electron chi connectivity index (χ2n) is 42.7. The number of hydrogen-bond acceptors (Lipinski definition) is 23. The summed E-state index contributed by atoms with van der Waals surface area (Å²) in [5.41, 5.74) is 4.65. The van der Waals surface area contributed by atoms with Crippen molar-refractivity contribution in [3.05, 3.63) is 232 Å². The summed E-state index contributed by atoms with van der Waals surface area (Å²) < 4.78 is 74.8. The second-order valence-corrected chi connectivity index (χ2v) is 44.8. The van der Waals surface area contributed by atoms with Gasteiger partial charge in [-0.2, -0.15) is 17.0 Å². The van der Waals surface area contributed by atoms with Crippen LogP contribution in [0.2, 0.25) is 0 Å². The minimum absolute atomic E-state index is 0.213. The SMILES string of the molecule is CC(=O)C(C)(C)OC(=O)N1CCc2cc(Oc3ccccc3)ccc2C1C(=O)NCCN(C(C)C)C(C)C.CC(C)N(CCNC(=O)C1c2ccc(Oc3ccc(C=O)cc3)cc2CCN1C(=O)OC(C)(C)C)C(C)C.CC(C)N(CCNC(=O)C1c2ccc(Oc3ccccc3)cc2CCN1S(=O)(=O)N(C)C)C(C)C.COc1ccc(Oc2ccc3c(c2)CCN(C(=O)OC(C)(C)C)C3C(=O)NCCN(C(C)C)C(C)C)cc1. The third-order valence-corrected chi connectivity index (χ3v) is 28.2. The number of ketones is 1. The first-order chi connectivity index (χ1) is 70.2. The average molecular weight is 2080 g/mol. The van der Waals surface area contributed by atoms with Crippen LogP contribution >= 0.6 is 0 Å². The topological polar surface area (TPSA) is 339 Å². The van der Waals surface area contributed by atoms with Gasteiger partial charge in [-0.15, -0.1) is 0 Å². The molecule has 149 heavy (non-hydrogen) atoms. The van der Waals surface area contributed by atoms with Crippen LogP contribution in [0.4, 0.5) is 14.4 Å². The Balaban J connectivity index is 0.000000221. The van der Waals surface area contributed by atoms with Gasteiger partial charge < -0.3 is 59.2 Å². The molecular weight excluding hydrogens is 1910 g/mol. The molecule has 0 bridgehead atoms. The third kappa shape index (κ3) is 34.5. The van der Waals surface area contributed by atoms with Gasteiger partial charge >= 0.3 is 18.3 Å². The van der Waals surface area contributed by atoms with Gasteiger partial charge in [0.25, 0.3) is 10.2 Å². The Morgan fingerprint density at radius 3 is 0.859 bits per heavy atom. The van der Waals surface area contributed by atoms with E-state index in [9.17, 15) is 51.6 Å². The number of nitrogens with one attached hydrogen (secondary N) is 4. The number of hydrogen-bond donors (Lipinski definition) is 4. The van der Waals surface area contributed by atoms with Gasteiger partial charge in [0.1, 0.15) is 93.4 Å². The van der Waals surface area contributed by atoms with Crippen LogP contribution in [0, 0.1) is 0 Å². The first-order valence-electron chi connectivity index (χ1n) is 52.1. The van der Waals surface area contributed by atoms with Crippen molar-refractivity contribution >= 4 is 64.2 Å². The summed E-state index contributed by atoms with van der Waals surface area (Å²) in [6.07, 6.45) is 1.26. The number of para-hydroxylation sites is 2. The number of amides is 7. The van der Waals surface area contributed by atoms with Gasteiger partial charge in [0, 0.05) is 147 Å². The van der Waals surface area contributed by atoms with Gasteiger partial charge in [-0.3, -0.25) is 63.1 Å². The molecule has 4 aliphatic rings. The van der Waals surface area contributed by atoms with Gasteiger partial charge in [-0.05, 0) is 365 Å². The molecule has 4 aliphatic heterocycles. The highest BCUT2D eigenvalue weighted by atomic mass is 32.2. The van der Waals surface area contributed by atoms with E-state index in [1.807, 2.05) is 181 Å². The van der Waals surface area contributed by atoms with Gasteiger partial charge in [-0.25, -0.2) is 14.4 Å². The van der Waals surface area contributed by atoms with Crippen molar-refractivity contribution in [2.75, 3.05) is 99.7 Å². The summed E-state index contributed by atoms with van der Waals surface area (Å²) >= 11 is 0. The smallest absolute Gasteiger partial charge is 0.411 e. The Labute approximate surface area is 884 Å². The quantitative estimate of drug-likeness (QED) is 0.0206. The maximum absolute atomic E-state index is 13.6. The average Bonchev–Trinajstić information content (AvgIpc) is 0.767. The molecule has 8 aromatic carbocycles. The number of carbonyl (C=O) groups excluding carboxylic acids is 9. The van der Waals surface area contributed by atoms with Crippen molar-refractivity contribution < 1.29 is 89.5 Å². The Bertz CT molecular complexity index is 5840. The normalized spacial score (nSPS) is 15.7. The first kappa shape index (κ1) is 120. The number of methoxy groups -OCH3 is 1. The highest BCUT2D eigenvalue weighted by Gasteiger charge is 2.45. The summed E-state index contributed by atoms with van der Waals surface area (Å²) in [5, 5.41) is 12.2. The summed E-state index contributed by atoms with van der Waals surface area (Å²) in [6, 6.07) is 54.9. The molecule has 0 radical (unpaired) electrons. The van der Waals surface area contributed by atoms with Crippen molar-refractivity contribution in [3.8, 4) is 51.7 Å². The van der Waals surface area contributed by atoms with Crippen molar-refractivity contribution in [3.63, 3.8) is 0 Å². The molecule has 4 atom stereocenters. The van der Waals surface area contributed by atoms with Crippen molar-refractivity contribution in [2.24, 2.45) is 0 Å². The maximum Gasteiger partial charge on any atom is 0.411 e. The molecule has 7 amide bonds. The first-order valence-corrected chi connectivity index (χ1v) is 53.5. The van der Waals surface area contributed by atoms with Crippen molar-refractivity contribution in [1.29, 1.82) is 0 Å². The van der Waals surface area contributed by atoms with Gasteiger partial charge in [-0.1, -0.05) is 60.7 Å². The molecule has 0 saturated carbocycles. The van der Waals surface area contributed by atoms with Crippen LogP contribution in [0.1, 0.15) is 252 Å². The van der Waals surface area contributed by atoms with Gasteiger partial charge in [0.2, 0.25) is 23.6 Å². The molecule has 0 aromatic heterocycles. The predicted octanol–water partition coefficient (Wildman–Crippen LogP) is 19.5. The highest BCUT2D eigenvalue weighted by Crippen LogP contribution is 2.42. The molecule has 812 valence electrons. The van der Waals surface area contributed by atoms with E-state index in [-0.39, 0.29) is 42.5 Å². The maximum atomic E-state index is 13.6. The Morgan fingerprint density at radius 1 is 0.349 bits per heavy atom. The van der Waals surface area contributed by atoms with Gasteiger partial charge in [0.15, 0.2) is 11.4 Å². The lowest BCUT2D eigenvalue weighted by molar-refractivity contribution is -0.134. The predicted molar refractivity (Wildman–Crippen MR) is 583 cm³/mol. The molecule has 33 heteroatoms. The fourth-order valence-corrected chi connectivity index (χ4v) is 19.9. The number of nitrogens with zero attached hydrogens (tertiary/aromatic N) is 9. The lowest BCUT2D eigenvalue weighted by Gasteiger charge is -2.37. The number of rotatable bonds is 38. The minimum Gasteiger partial charge on any atom is -0.497 e. The van der Waals surface area contributed by atoms with Crippen LogP contribution in [-0.4, -0.2) is 270 Å². The molecular formula is C116H163N13O19S. The van der Waals surface area contributed by atoms with Crippen LogP contribution in [0.25, 0.3) is 0 Å². The lowest BCUT2D eigenvalue weighted by Crippen LogP contribution is -2.51. The van der Waals surface area contributed by atoms with E-state index in [4.69, 9.17) is 37.9 Å². The van der Waals surface area contributed by atoms with Crippen molar-refractivity contribution in [1.82, 2.24) is 64.2 Å². The molecule has 0 saturated heterocycles. The van der Waals surface area contributed by atoms with Crippen LogP contribution in [-0.2, 0) is 74.1 Å². The van der Waals surface area contributed by atoms with Crippen LogP contribution in [0.15, 0.2) is 182 Å². The number of aldehydes is 1. The van der Waals surface area contributed by atoms with E-state index in [0.717, 1.165) is 61.8 Å². The van der Waals surface area contributed by atoms with Gasteiger partial charge in [0.05, 0.1) is 7.11 Å².